The summed E-state index contributed by atoms with van der Waals surface area (Å²) in [6.07, 6.45) is 0.765. The van der Waals surface area contributed by atoms with E-state index in [4.69, 9.17) is 15.2 Å². The minimum absolute atomic E-state index is 0.203. The van der Waals surface area contributed by atoms with Crippen LogP contribution in [0.3, 0.4) is 0 Å². The fourth-order valence-electron chi connectivity index (χ4n) is 2.29. The summed E-state index contributed by atoms with van der Waals surface area (Å²) < 4.78 is 10.4. The molecule has 0 unspecified atom stereocenters. The highest BCUT2D eigenvalue weighted by molar-refractivity contribution is 6.02. The Morgan fingerprint density at radius 3 is 2.25 bits per heavy atom. The van der Waals surface area contributed by atoms with E-state index in [1.807, 2.05) is 12.1 Å². The monoisotopic (exact) mass is 328 g/mol. The Morgan fingerprint density at radius 1 is 1.04 bits per heavy atom. The average molecular weight is 328 g/mol. The zero-order valence-electron chi connectivity index (χ0n) is 13.7. The highest BCUT2D eigenvalue weighted by atomic mass is 16.5. The molecule has 0 spiro atoms. The number of carbonyl (C=O) groups is 2. The molecule has 0 radical (unpaired) electrons. The van der Waals surface area contributed by atoms with Gasteiger partial charge in [0.1, 0.15) is 11.5 Å². The third-order valence-electron chi connectivity index (χ3n) is 3.52. The van der Waals surface area contributed by atoms with Crippen LogP contribution in [0.1, 0.15) is 22.3 Å². The van der Waals surface area contributed by atoms with E-state index >= 15 is 0 Å². The van der Waals surface area contributed by atoms with Gasteiger partial charge in [0.05, 0.1) is 25.5 Å². The van der Waals surface area contributed by atoms with E-state index in [1.54, 1.807) is 44.6 Å². The summed E-state index contributed by atoms with van der Waals surface area (Å²) in [7, 11) is 3.15. The van der Waals surface area contributed by atoms with E-state index in [9.17, 15) is 9.59 Å². The molecule has 2 aromatic carbocycles. The van der Waals surface area contributed by atoms with Gasteiger partial charge in [-0.3, -0.25) is 9.59 Å². The minimum atomic E-state index is -0.580. The van der Waals surface area contributed by atoms with Crippen LogP contribution in [-0.2, 0) is 11.2 Å². The molecule has 0 saturated heterocycles. The Balaban J connectivity index is 2.03. The van der Waals surface area contributed by atoms with Crippen LogP contribution in [0.15, 0.2) is 42.5 Å². The number of methoxy groups -OCH3 is 2. The van der Waals surface area contributed by atoms with Crippen LogP contribution in [0.4, 0.5) is 5.69 Å². The molecular weight excluding hydrogens is 308 g/mol. The molecule has 24 heavy (non-hydrogen) atoms. The van der Waals surface area contributed by atoms with Crippen molar-refractivity contribution in [3.05, 3.63) is 53.6 Å². The number of anilines is 1. The standard InChI is InChI=1S/C18H20N2O4/c1-23-13-9-12(10-14(11-13)24-2)7-8-17(21)20-16-6-4-3-5-15(16)18(19)22/h3-6,9-11H,7-8H2,1-2H3,(H2,19,22)(H,20,21). The van der Waals surface area contributed by atoms with E-state index in [1.165, 1.54) is 0 Å². The number of amides is 2. The lowest BCUT2D eigenvalue weighted by atomic mass is 10.1. The normalized spacial score (nSPS) is 10.1. The summed E-state index contributed by atoms with van der Waals surface area (Å²) in [6, 6.07) is 12.1. The van der Waals surface area contributed by atoms with Gasteiger partial charge < -0.3 is 20.5 Å². The summed E-state index contributed by atoms with van der Waals surface area (Å²) in [5.74, 6) is 0.557. The van der Waals surface area contributed by atoms with Crippen LogP contribution < -0.4 is 20.5 Å². The Bertz CT molecular complexity index is 721. The maximum Gasteiger partial charge on any atom is 0.250 e. The molecule has 0 atom stereocenters. The molecule has 2 amide bonds. The average Bonchev–Trinajstić information content (AvgIpc) is 2.59. The van der Waals surface area contributed by atoms with Crippen molar-refractivity contribution in [1.29, 1.82) is 0 Å². The summed E-state index contributed by atoms with van der Waals surface area (Å²) in [4.78, 5) is 23.5. The molecule has 0 fully saturated rings. The quantitative estimate of drug-likeness (QED) is 0.816. The Morgan fingerprint density at radius 2 is 1.67 bits per heavy atom. The van der Waals surface area contributed by atoms with Crippen LogP contribution in [0.2, 0.25) is 0 Å². The van der Waals surface area contributed by atoms with Crippen molar-refractivity contribution in [2.75, 3.05) is 19.5 Å². The fraction of sp³-hybridized carbons (Fsp3) is 0.222. The predicted octanol–water partition coefficient (Wildman–Crippen LogP) is 2.37. The number of primary amides is 1. The van der Waals surface area contributed by atoms with Crippen LogP contribution in [-0.4, -0.2) is 26.0 Å². The number of rotatable bonds is 7. The summed E-state index contributed by atoms with van der Waals surface area (Å²) in [6.45, 7) is 0. The van der Waals surface area contributed by atoms with Crippen molar-refractivity contribution in [1.82, 2.24) is 0 Å². The Kier molecular flexibility index (Phi) is 5.78. The fourth-order valence-corrected chi connectivity index (χ4v) is 2.29. The molecule has 3 N–H and O–H groups in total. The zero-order valence-corrected chi connectivity index (χ0v) is 13.7. The van der Waals surface area contributed by atoms with E-state index in [-0.39, 0.29) is 17.9 Å². The molecule has 126 valence electrons. The number of para-hydroxylation sites is 1. The van der Waals surface area contributed by atoms with Crippen LogP contribution in [0, 0.1) is 0 Å². The van der Waals surface area contributed by atoms with Gasteiger partial charge in [0.2, 0.25) is 5.91 Å². The van der Waals surface area contributed by atoms with Gasteiger partial charge in [-0.25, -0.2) is 0 Å². The molecule has 0 bridgehead atoms. The molecule has 0 saturated carbocycles. The SMILES string of the molecule is COc1cc(CCC(=O)Nc2ccccc2C(N)=O)cc(OC)c1. The van der Waals surface area contributed by atoms with E-state index in [2.05, 4.69) is 5.32 Å². The molecule has 6 heteroatoms. The molecule has 2 aromatic rings. The maximum atomic E-state index is 12.1. The van der Waals surface area contributed by atoms with E-state index in [0.717, 1.165) is 5.56 Å². The molecule has 0 heterocycles. The number of aryl methyl sites for hydroxylation is 1. The van der Waals surface area contributed by atoms with Gasteiger partial charge in [0.25, 0.3) is 5.91 Å². The first-order valence-corrected chi connectivity index (χ1v) is 7.44. The van der Waals surface area contributed by atoms with Crippen LogP contribution >= 0.6 is 0 Å². The number of carbonyl (C=O) groups excluding carboxylic acids is 2. The smallest absolute Gasteiger partial charge is 0.250 e. The molecule has 6 nitrogen and oxygen atoms in total. The van der Waals surface area contributed by atoms with Gasteiger partial charge in [0.15, 0.2) is 0 Å². The third-order valence-corrected chi connectivity index (χ3v) is 3.52. The summed E-state index contributed by atoms with van der Waals surface area (Å²) >= 11 is 0. The van der Waals surface area contributed by atoms with Gasteiger partial charge >= 0.3 is 0 Å². The Labute approximate surface area is 140 Å². The minimum Gasteiger partial charge on any atom is -0.497 e. The first-order valence-electron chi connectivity index (χ1n) is 7.44. The van der Waals surface area contributed by atoms with Crippen molar-refractivity contribution >= 4 is 17.5 Å². The van der Waals surface area contributed by atoms with E-state index < -0.39 is 5.91 Å². The topological polar surface area (TPSA) is 90.6 Å². The molecule has 0 aliphatic rings. The van der Waals surface area contributed by atoms with Crippen molar-refractivity contribution in [3.8, 4) is 11.5 Å². The molecule has 0 aromatic heterocycles. The van der Waals surface area contributed by atoms with Gasteiger partial charge in [-0.15, -0.1) is 0 Å². The van der Waals surface area contributed by atoms with Crippen LogP contribution in [0.25, 0.3) is 0 Å². The van der Waals surface area contributed by atoms with Crippen LogP contribution in [0.5, 0.6) is 11.5 Å². The maximum absolute atomic E-state index is 12.1. The molecule has 0 aliphatic carbocycles. The number of nitrogens with two attached hydrogens (primary N) is 1. The number of hydrogen-bond acceptors (Lipinski definition) is 4. The second kappa shape index (κ2) is 8.01. The van der Waals surface area contributed by atoms with Gasteiger partial charge in [-0.2, -0.15) is 0 Å². The number of nitrogens with one attached hydrogen (secondary N) is 1. The van der Waals surface area contributed by atoms with Crippen molar-refractivity contribution in [3.63, 3.8) is 0 Å². The summed E-state index contributed by atoms with van der Waals surface area (Å²) in [5, 5.41) is 2.72. The lowest BCUT2D eigenvalue weighted by Gasteiger charge is -2.10. The zero-order chi connectivity index (χ0) is 17.5. The first-order chi connectivity index (χ1) is 11.5. The third kappa shape index (κ3) is 4.49. The van der Waals surface area contributed by atoms with Gasteiger partial charge in [-0.05, 0) is 36.2 Å². The molecular formula is C18H20N2O4. The number of hydrogen-bond donors (Lipinski definition) is 2. The summed E-state index contributed by atoms with van der Waals surface area (Å²) in [5.41, 5.74) is 6.92. The molecule has 0 aliphatic heterocycles. The lowest BCUT2D eigenvalue weighted by Crippen LogP contribution is -2.18. The van der Waals surface area contributed by atoms with E-state index in [0.29, 0.717) is 23.6 Å². The van der Waals surface area contributed by atoms with Gasteiger partial charge in [0, 0.05) is 12.5 Å². The number of benzene rings is 2. The lowest BCUT2D eigenvalue weighted by molar-refractivity contribution is -0.116. The highest BCUT2D eigenvalue weighted by Crippen LogP contribution is 2.23. The van der Waals surface area contributed by atoms with Crippen molar-refractivity contribution in [2.24, 2.45) is 5.73 Å². The largest absolute Gasteiger partial charge is 0.497 e. The molecule has 2 rings (SSSR count). The predicted molar refractivity (Wildman–Crippen MR) is 91.5 cm³/mol. The second-order valence-electron chi connectivity index (χ2n) is 5.18. The van der Waals surface area contributed by atoms with Crippen molar-refractivity contribution < 1.29 is 19.1 Å². The number of ether oxygens (including phenoxy) is 2. The first kappa shape index (κ1) is 17.3. The van der Waals surface area contributed by atoms with Gasteiger partial charge in [-0.1, -0.05) is 12.1 Å². The highest BCUT2D eigenvalue weighted by Gasteiger charge is 2.11. The Hall–Kier alpha value is -3.02. The van der Waals surface area contributed by atoms with Crippen molar-refractivity contribution in [2.45, 2.75) is 12.8 Å². The second-order valence-corrected chi connectivity index (χ2v) is 5.18.